The van der Waals surface area contributed by atoms with Gasteiger partial charge < -0.3 is 4.90 Å². The Kier molecular flexibility index (Phi) is 2.77. The number of rotatable bonds is 2. The van der Waals surface area contributed by atoms with E-state index in [9.17, 15) is 4.79 Å². The van der Waals surface area contributed by atoms with Crippen LogP contribution in [0.1, 0.15) is 39.5 Å². The van der Waals surface area contributed by atoms with Crippen molar-refractivity contribution in [3.63, 3.8) is 0 Å². The average molecular weight is 196 g/mol. The summed E-state index contributed by atoms with van der Waals surface area (Å²) in [5.41, 5.74) is 0. The molecule has 1 amide bonds. The minimum atomic E-state index is 0.302. The van der Waals surface area contributed by atoms with Crippen LogP contribution in [0.3, 0.4) is 0 Å². The zero-order valence-electron chi connectivity index (χ0n) is 9.12. The molecule has 3 unspecified atom stereocenters. The smallest absolute Gasteiger partial charge is 0.238 e. The van der Waals surface area contributed by atoms with Crippen molar-refractivity contribution in [3.05, 3.63) is 0 Å². The predicted octanol–water partition coefficient (Wildman–Crippen LogP) is 1.34. The largest absolute Gasteiger partial charge is 0.323 e. The maximum Gasteiger partial charge on any atom is 0.238 e. The van der Waals surface area contributed by atoms with Crippen LogP contribution < -0.4 is 5.32 Å². The molecule has 1 aliphatic heterocycles. The van der Waals surface area contributed by atoms with Crippen molar-refractivity contribution in [1.82, 2.24) is 10.2 Å². The standard InChI is InChI=1S/C11H20N2O/c1-3-10-12-7-11(14)13(10)9-5-4-8(2)6-9/h8-10,12H,3-7H2,1-2H3. The normalized spacial score (nSPS) is 38.3. The molecule has 2 aliphatic rings. The molecule has 14 heavy (non-hydrogen) atoms. The van der Waals surface area contributed by atoms with Crippen LogP contribution in [0.2, 0.25) is 0 Å². The van der Waals surface area contributed by atoms with Gasteiger partial charge in [0.2, 0.25) is 5.91 Å². The number of amides is 1. The van der Waals surface area contributed by atoms with Gasteiger partial charge in [-0.3, -0.25) is 10.1 Å². The predicted molar refractivity (Wildman–Crippen MR) is 55.7 cm³/mol. The van der Waals surface area contributed by atoms with Gasteiger partial charge in [0.1, 0.15) is 0 Å². The van der Waals surface area contributed by atoms with Gasteiger partial charge in [-0.2, -0.15) is 0 Å². The van der Waals surface area contributed by atoms with Crippen molar-refractivity contribution in [2.75, 3.05) is 6.54 Å². The number of nitrogens with zero attached hydrogens (tertiary/aromatic N) is 1. The van der Waals surface area contributed by atoms with Gasteiger partial charge in [0, 0.05) is 6.04 Å². The molecule has 0 aromatic heterocycles. The lowest BCUT2D eigenvalue weighted by atomic mass is 10.1. The molecule has 3 atom stereocenters. The van der Waals surface area contributed by atoms with E-state index in [0.717, 1.165) is 12.3 Å². The van der Waals surface area contributed by atoms with Gasteiger partial charge in [-0.25, -0.2) is 0 Å². The van der Waals surface area contributed by atoms with Gasteiger partial charge in [-0.15, -0.1) is 0 Å². The molecule has 0 bridgehead atoms. The van der Waals surface area contributed by atoms with Gasteiger partial charge in [0.15, 0.2) is 0 Å². The molecule has 1 saturated carbocycles. The zero-order chi connectivity index (χ0) is 10.1. The first-order valence-corrected chi connectivity index (χ1v) is 5.77. The second kappa shape index (κ2) is 3.89. The Morgan fingerprint density at radius 1 is 1.50 bits per heavy atom. The Labute approximate surface area is 85.8 Å². The van der Waals surface area contributed by atoms with Crippen LogP contribution in [0.15, 0.2) is 0 Å². The van der Waals surface area contributed by atoms with Crippen molar-refractivity contribution in [3.8, 4) is 0 Å². The van der Waals surface area contributed by atoms with Crippen LogP contribution in [-0.4, -0.2) is 29.6 Å². The van der Waals surface area contributed by atoms with E-state index in [-0.39, 0.29) is 0 Å². The molecule has 1 N–H and O–H groups in total. The summed E-state index contributed by atoms with van der Waals surface area (Å²) in [6.45, 7) is 4.97. The molecule has 1 heterocycles. The molecule has 1 aliphatic carbocycles. The molecular weight excluding hydrogens is 176 g/mol. The number of carbonyl (C=O) groups is 1. The quantitative estimate of drug-likeness (QED) is 0.723. The maximum absolute atomic E-state index is 11.7. The highest BCUT2D eigenvalue weighted by Crippen LogP contribution is 2.31. The van der Waals surface area contributed by atoms with E-state index in [1.54, 1.807) is 0 Å². The van der Waals surface area contributed by atoms with Crippen molar-refractivity contribution in [2.24, 2.45) is 5.92 Å². The van der Waals surface area contributed by atoms with E-state index in [4.69, 9.17) is 0 Å². The van der Waals surface area contributed by atoms with E-state index >= 15 is 0 Å². The lowest BCUT2D eigenvalue weighted by molar-refractivity contribution is -0.130. The molecule has 2 rings (SSSR count). The number of nitrogens with one attached hydrogen (secondary N) is 1. The van der Waals surface area contributed by atoms with Crippen LogP contribution in [0.5, 0.6) is 0 Å². The van der Waals surface area contributed by atoms with Gasteiger partial charge in [-0.1, -0.05) is 13.8 Å². The third-order valence-corrected chi connectivity index (χ3v) is 3.56. The molecule has 1 saturated heterocycles. The summed E-state index contributed by atoms with van der Waals surface area (Å²) in [7, 11) is 0. The topological polar surface area (TPSA) is 32.3 Å². The first kappa shape index (κ1) is 9.97. The molecule has 3 nitrogen and oxygen atoms in total. The molecule has 0 aromatic carbocycles. The van der Waals surface area contributed by atoms with Crippen LogP contribution in [0.25, 0.3) is 0 Å². The summed E-state index contributed by atoms with van der Waals surface area (Å²) in [5.74, 6) is 1.10. The van der Waals surface area contributed by atoms with Gasteiger partial charge in [-0.05, 0) is 31.6 Å². The van der Waals surface area contributed by atoms with E-state index in [1.807, 2.05) is 0 Å². The van der Waals surface area contributed by atoms with Crippen molar-refractivity contribution in [2.45, 2.75) is 51.7 Å². The summed E-state index contributed by atoms with van der Waals surface area (Å²) in [5, 5.41) is 3.27. The van der Waals surface area contributed by atoms with Gasteiger partial charge >= 0.3 is 0 Å². The Bertz CT molecular complexity index is 229. The zero-order valence-corrected chi connectivity index (χ0v) is 9.12. The van der Waals surface area contributed by atoms with Crippen molar-refractivity contribution in [1.29, 1.82) is 0 Å². The average Bonchev–Trinajstić information content (AvgIpc) is 2.71. The lowest BCUT2D eigenvalue weighted by Gasteiger charge is -2.29. The van der Waals surface area contributed by atoms with Crippen LogP contribution in [0, 0.1) is 5.92 Å². The fourth-order valence-electron chi connectivity index (χ4n) is 2.80. The second-order valence-electron chi connectivity index (χ2n) is 4.68. The molecule has 0 radical (unpaired) electrons. The fourth-order valence-corrected chi connectivity index (χ4v) is 2.80. The van der Waals surface area contributed by atoms with Gasteiger partial charge in [0.05, 0.1) is 12.7 Å². The summed E-state index contributed by atoms with van der Waals surface area (Å²) in [6, 6.07) is 0.512. The molecule has 0 spiro atoms. The maximum atomic E-state index is 11.7. The molecule has 2 fully saturated rings. The van der Waals surface area contributed by atoms with E-state index < -0.39 is 0 Å². The Balaban J connectivity index is 2.04. The fraction of sp³-hybridized carbons (Fsp3) is 0.909. The molecule has 80 valence electrons. The summed E-state index contributed by atoms with van der Waals surface area (Å²) >= 11 is 0. The first-order valence-electron chi connectivity index (χ1n) is 5.77. The summed E-state index contributed by atoms with van der Waals surface area (Å²) in [4.78, 5) is 13.8. The monoisotopic (exact) mass is 196 g/mol. The summed E-state index contributed by atoms with van der Waals surface area (Å²) in [6.07, 6.45) is 5.01. The number of hydrogen-bond donors (Lipinski definition) is 1. The van der Waals surface area contributed by atoms with Crippen LogP contribution in [-0.2, 0) is 4.79 Å². The Morgan fingerprint density at radius 2 is 2.29 bits per heavy atom. The molecular formula is C11H20N2O. The number of carbonyl (C=O) groups excluding carboxylic acids is 1. The second-order valence-corrected chi connectivity index (χ2v) is 4.68. The number of hydrogen-bond acceptors (Lipinski definition) is 2. The minimum Gasteiger partial charge on any atom is -0.323 e. The third-order valence-electron chi connectivity index (χ3n) is 3.56. The Hall–Kier alpha value is -0.570. The van der Waals surface area contributed by atoms with Crippen LogP contribution in [0.4, 0.5) is 0 Å². The first-order chi connectivity index (χ1) is 6.72. The highest BCUT2D eigenvalue weighted by atomic mass is 16.2. The highest BCUT2D eigenvalue weighted by molar-refractivity contribution is 5.81. The van der Waals surface area contributed by atoms with Crippen molar-refractivity contribution < 1.29 is 4.79 Å². The Morgan fingerprint density at radius 3 is 2.86 bits per heavy atom. The highest BCUT2D eigenvalue weighted by Gasteiger charge is 2.37. The minimum absolute atomic E-state index is 0.302. The van der Waals surface area contributed by atoms with E-state index in [0.29, 0.717) is 24.7 Å². The summed E-state index contributed by atoms with van der Waals surface area (Å²) < 4.78 is 0. The molecule has 0 aromatic rings. The van der Waals surface area contributed by atoms with E-state index in [1.165, 1.54) is 19.3 Å². The van der Waals surface area contributed by atoms with E-state index in [2.05, 4.69) is 24.1 Å². The molecule has 3 heteroatoms. The third kappa shape index (κ3) is 1.65. The van der Waals surface area contributed by atoms with Crippen LogP contribution >= 0.6 is 0 Å². The van der Waals surface area contributed by atoms with Gasteiger partial charge in [0.25, 0.3) is 0 Å². The van der Waals surface area contributed by atoms with Crippen molar-refractivity contribution >= 4 is 5.91 Å². The lowest BCUT2D eigenvalue weighted by Crippen LogP contribution is -2.43. The SMILES string of the molecule is CCC1NCC(=O)N1C1CCC(C)C1.